The summed E-state index contributed by atoms with van der Waals surface area (Å²) in [6, 6.07) is 22.8. The van der Waals surface area contributed by atoms with Crippen LogP contribution in [0.4, 0.5) is 0 Å². The number of hydrogen-bond donors (Lipinski definition) is 1. The average molecular weight is 319 g/mol. The highest BCUT2D eigenvalue weighted by Gasteiger charge is 2.31. The molecule has 0 saturated carbocycles. The van der Waals surface area contributed by atoms with Crippen LogP contribution >= 0.6 is 0 Å². The molecule has 4 heteroatoms. The van der Waals surface area contributed by atoms with Gasteiger partial charge in [0, 0.05) is 43.2 Å². The van der Waals surface area contributed by atoms with Gasteiger partial charge in [-0.2, -0.15) is 0 Å². The molecule has 24 heavy (non-hydrogen) atoms. The van der Waals surface area contributed by atoms with Gasteiger partial charge >= 0.3 is 0 Å². The summed E-state index contributed by atoms with van der Waals surface area (Å²) in [7, 11) is 0. The molecule has 0 radical (unpaired) electrons. The van der Waals surface area contributed by atoms with Gasteiger partial charge in [0.05, 0.1) is 5.69 Å². The summed E-state index contributed by atoms with van der Waals surface area (Å²) in [6.45, 7) is 2.61. The molecule has 0 amide bonds. The van der Waals surface area contributed by atoms with Crippen molar-refractivity contribution in [1.82, 2.24) is 10.1 Å². The van der Waals surface area contributed by atoms with E-state index < -0.39 is 0 Å². The standard InChI is InChI=1S/C20H21N3O/c21-19-14-23(13-18(19)15-7-3-1-4-8-15)12-17-11-20(24-22-17)16-9-5-2-6-10-16/h1-11,18-19H,12-14,21H2/t18-,19+/m0/s1. The van der Waals surface area contributed by atoms with Crippen LogP contribution in [-0.2, 0) is 6.54 Å². The average Bonchev–Trinajstić information content (AvgIpc) is 3.23. The summed E-state index contributed by atoms with van der Waals surface area (Å²) in [5.41, 5.74) is 9.69. The lowest BCUT2D eigenvalue weighted by molar-refractivity contribution is 0.308. The molecule has 1 aliphatic heterocycles. The van der Waals surface area contributed by atoms with E-state index in [1.807, 2.05) is 42.5 Å². The highest BCUT2D eigenvalue weighted by molar-refractivity contribution is 5.56. The first-order chi connectivity index (χ1) is 11.8. The minimum atomic E-state index is 0.160. The van der Waals surface area contributed by atoms with Crippen LogP contribution in [0.25, 0.3) is 11.3 Å². The van der Waals surface area contributed by atoms with Gasteiger partial charge in [-0.1, -0.05) is 65.8 Å². The molecule has 4 nitrogen and oxygen atoms in total. The predicted octanol–water partition coefficient (Wildman–Crippen LogP) is 3.27. The summed E-state index contributed by atoms with van der Waals surface area (Å²) < 4.78 is 5.49. The molecule has 0 unspecified atom stereocenters. The lowest BCUT2D eigenvalue weighted by Crippen LogP contribution is -2.28. The Labute approximate surface area is 141 Å². The van der Waals surface area contributed by atoms with Crippen LogP contribution in [-0.4, -0.2) is 29.2 Å². The van der Waals surface area contributed by atoms with E-state index in [0.29, 0.717) is 5.92 Å². The highest BCUT2D eigenvalue weighted by atomic mass is 16.5. The minimum Gasteiger partial charge on any atom is -0.356 e. The van der Waals surface area contributed by atoms with Crippen molar-refractivity contribution in [1.29, 1.82) is 0 Å². The Morgan fingerprint density at radius 3 is 2.46 bits per heavy atom. The van der Waals surface area contributed by atoms with Crippen molar-refractivity contribution < 1.29 is 4.52 Å². The molecule has 0 spiro atoms. The minimum absolute atomic E-state index is 0.160. The van der Waals surface area contributed by atoms with E-state index in [4.69, 9.17) is 10.3 Å². The van der Waals surface area contributed by atoms with Crippen LogP contribution in [0.1, 0.15) is 17.2 Å². The molecule has 1 fully saturated rings. The fourth-order valence-electron chi connectivity index (χ4n) is 3.45. The van der Waals surface area contributed by atoms with Gasteiger partial charge in [0.2, 0.25) is 0 Å². The molecule has 2 N–H and O–H groups in total. The largest absolute Gasteiger partial charge is 0.356 e. The Kier molecular flexibility index (Phi) is 4.15. The zero-order valence-corrected chi connectivity index (χ0v) is 13.5. The van der Waals surface area contributed by atoms with Crippen molar-refractivity contribution in [2.75, 3.05) is 13.1 Å². The van der Waals surface area contributed by atoms with Gasteiger partial charge in [-0.05, 0) is 5.56 Å². The summed E-state index contributed by atoms with van der Waals surface area (Å²) in [4.78, 5) is 2.36. The second kappa shape index (κ2) is 6.59. The number of nitrogens with zero attached hydrogens (tertiary/aromatic N) is 2. The molecule has 0 bridgehead atoms. The monoisotopic (exact) mass is 319 g/mol. The van der Waals surface area contributed by atoms with Crippen LogP contribution in [0.15, 0.2) is 71.3 Å². The number of rotatable bonds is 4. The van der Waals surface area contributed by atoms with Gasteiger partial charge in [0.1, 0.15) is 0 Å². The van der Waals surface area contributed by atoms with E-state index in [2.05, 4.69) is 34.3 Å². The van der Waals surface area contributed by atoms with Gasteiger partial charge in [0.15, 0.2) is 5.76 Å². The van der Waals surface area contributed by atoms with Crippen molar-refractivity contribution in [2.24, 2.45) is 5.73 Å². The van der Waals surface area contributed by atoms with Crippen LogP contribution < -0.4 is 5.73 Å². The molecule has 1 saturated heterocycles. The fraction of sp³-hybridized carbons (Fsp3) is 0.250. The molecule has 122 valence electrons. The van der Waals surface area contributed by atoms with Gasteiger partial charge < -0.3 is 10.3 Å². The van der Waals surface area contributed by atoms with E-state index in [9.17, 15) is 0 Å². The van der Waals surface area contributed by atoms with Gasteiger partial charge in [-0.3, -0.25) is 4.90 Å². The second-order valence-corrected chi connectivity index (χ2v) is 6.42. The maximum absolute atomic E-state index is 6.37. The van der Waals surface area contributed by atoms with E-state index >= 15 is 0 Å². The lowest BCUT2D eigenvalue weighted by atomic mass is 9.95. The maximum atomic E-state index is 6.37. The summed E-state index contributed by atoms with van der Waals surface area (Å²) in [5.74, 6) is 1.19. The molecule has 2 atom stereocenters. The molecule has 1 aromatic heterocycles. The van der Waals surface area contributed by atoms with Gasteiger partial charge in [-0.15, -0.1) is 0 Å². The van der Waals surface area contributed by atoms with E-state index in [1.165, 1.54) is 5.56 Å². The quantitative estimate of drug-likeness (QED) is 0.802. The zero-order chi connectivity index (χ0) is 16.4. The van der Waals surface area contributed by atoms with E-state index in [1.54, 1.807) is 0 Å². The van der Waals surface area contributed by atoms with Gasteiger partial charge in [0.25, 0.3) is 0 Å². The second-order valence-electron chi connectivity index (χ2n) is 6.42. The normalized spacial score (nSPS) is 21.2. The summed E-state index contributed by atoms with van der Waals surface area (Å²) in [5, 5.41) is 4.22. The zero-order valence-electron chi connectivity index (χ0n) is 13.5. The third-order valence-corrected chi connectivity index (χ3v) is 4.67. The van der Waals surface area contributed by atoms with Crippen molar-refractivity contribution in [2.45, 2.75) is 18.5 Å². The molecule has 2 aromatic carbocycles. The molecular weight excluding hydrogens is 298 g/mol. The summed E-state index contributed by atoms with van der Waals surface area (Å²) >= 11 is 0. The number of benzene rings is 2. The molecule has 4 rings (SSSR count). The SMILES string of the molecule is N[C@@H]1CN(Cc2cc(-c3ccccc3)on2)C[C@H]1c1ccccc1. The smallest absolute Gasteiger partial charge is 0.167 e. The third kappa shape index (κ3) is 3.11. The number of aromatic nitrogens is 1. The highest BCUT2D eigenvalue weighted by Crippen LogP contribution is 2.28. The Morgan fingerprint density at radius 1 is 1.00 bits per heavy atom. The Morgan fingerprint density at radius 2 is 1.71 bits per heavy atom. The third-order valence-electron chi connectivity index (χ3n) is 4.67. The predicted molar refractivity (Wildman–Crippen MR) is 94.4 cm³/mol. The van der Waals surface area contributed by atoms with Crippen molar-refractivity contribution in [3.63, 3.8) is 0 Å². The first-order valence-corrected chi connectivity index (χ1v) is 8.33. The summed E-state index contributed by atoms with van der Waals surface area (Å²) in [6.07, 6.45) is 0. The fourth-order valence-corrected chi connectivity index (χ4v) is 3.45. The molecule has 3 aromatic rings. The first-order valence-electron chi connectivity index (χ1n) is 8.33. The molecular formula is C20H21N3O. The molecule has 1 aliphatic rings. The topological polar surface area (TPSA) is 55.3 Å². The van der Waals surface area contributed by atoms with Gasteiger partial charge in [-0.25, -0.2) is 0 Å². The van der Waals surface area contributed by atoms with Crippen LogP contribution in [0, 0.1) is 0 Å². The van der Waals surface area contributed by atoms with E-state index in [0.717, 1.165) is 36.7 Å². The maximum Gasteiger partial charge on any atom is 0.167 e. The van der Waals surface area contributed by atoms with Crippen LogP contribution in [0.2, 0.25) is 0 Å². The van der Waals surface area contributed by atoms with Crippen LogP contribution in [0.5, 0.6) is 0 Å². The van der Waals surface area contributed by atoms with E-state index in [-0.39, 0.29) is 6.04 Å². The van der Waals surface area contributed by atoms with Crippen molar-refractivity contribution in [3.05, 3.63) is 78.0 Å². The Balaban J connectivity index is 1.44. The number of nitrogens with two attached hydrogens (primary N) is 1. The van der Waals surface area contributed by atoms with Crippen molar-refractivity contribution in [3.8, 4) is 11.3 Å². The first kappa shape index (κ1) is 15.1. The van der Waals surface area contributed by atoms with Crippen molar-refractivity contribution >= 4 is 0 Å². The molecule has 2 heterocycles. The molecule has 0 aliphatic carbocycles. The number of likely N-dealkylation sites (tertiary alicyclic amines) is 1. The lowest BCUT2D eigenvalue weighted by Gasteiger charge is -2.14. The number of hydrogen-bond acceptors (Lipinski definition) is 4. The Hall–Kier alpha value is -2.43. The van der Waals surface area contributed by atoms with Crippen LogP contribution in [0.3, 0.4) is 0 Å². The Bertz CT molecular complexity index is 785.